The van der Waals surface area contributed by atoms with Gasteiger partial charge in [0, 0.05) is 13.0 Å². The molecular weight excluding hydrogens is 382 g/mol. The van der Waals surface area contributed by atoms with Crippen molar-refractivity contribution in [3.05, 3.63) is 53.6 Å². The van der Waals surface area contributed by atoms with Crippen molar-refractivity contribution in [1.29, 1.82) is 0 Å². The number of carbonyl (C=O) groups excluding carboxylic acids is 2. The van der Waals surface area contributed by atoms with Gasteiger partial charge in [-0.3, -0.25) is 4.79 Å². The van der Waals surface area contributed by atoms with Gasteiger partial charge in [0.15, 0.2) is 5.96 Å². The Kier molecular flexibility index (Phi) is 8.65. The standard InChI is InChI=1S/C10H13N3O3.C9H8O4/c1-2-16-9(15)7-4-3-6(5-8(7)14)13-10(11)12;1-6(10)13-8-5-3-2-4-7(8)9(11)12/h3-5,14H,2H2,1H3,(H4,11,12,13);2-5H,1H3,(H,11,12). The maximum atomic E-state index is 11.3. The maximum Gasteiger partial charge on any atom is 0.341 e. The summed E-state index contributed by atoms with van der Waals surface area (Å²) in [5, 5.41) is 18.2. The lowest BCUT2D eigenvalue weighted by atomic mass is 10.2. The first-order chi connectivity index (χ1) is 13.6. The van der Waals surface area contributed by atoms with Crippen LogP contribution < -0.4 is 16.2 Å². The van der Waals surface area contributed by atoms with Gasteiger partial charge in [0.1, 0.15) is 22.6 Å². The Morgan fingerprint density at radius 3 is 2.24 bits per heavy atom. The van der Waals surface area contributed by atoms with Crippen molar-refractivity contribution in [2.45, 2.75) is 13.8 Å². The van der Waals surface area contributed by atoms with Crippen molar-refractivity contribution in [2.24, 2.45) is 16.5 Å². The van der Waals surface area contributed by atoms with Crippen LogP contribution in [0.5, 0.6) is 11.5 Å². The van der Waals surface area contributed by atoms with Crippen molar-refractivity contribution in [1.82, 2.24) is 0 Å². The van der Waals surface area contributed by atoms with E-state index in [0.717, 1.165) is 0 Å². The Morgan fingerprint density at radius 1 is 1.07 bits per heavy atom. The van der Waals surface area contributed by atoms with Gasteiger partial charge in [-0.25, -0.2) is 14.6 Å². The van der Waals surface area contributed by atoms with Gasteiger partial charge in [-0.2, -0.15) is 0 Å². The number of phenolic OH excluding ortho intramolecular Hbond substituents is 1. The van der Waals surface area contributed by atoms with Crippen LogP contribution in [0.25, 0.3) is 0 Å². The number of carboxylic acids is 1. The predicted molar refractivity (Wildman–Crippen MR) is 104 cm³/mol. The zero-order chi connectivity index (χ0) is 22.0. The zero-order valence-electron chi connectivity index (χ0n) is 15.8. The minimum Gasteiger partial charge on any atom is -0.507 e. The number of esters is 2. The number of carbonyl (C=O) groups is 3. The van der Waals surface area contributed by atoms with Crippen LogP contribution in [-0.2, 0) is 9.53 Å². The minimum atomic E-state index is -1.11. The van der Waals surface area contributed by atoms with Gasteiger partial charge in [-0.1, -0.05) is 12.1 Å². The van der Waals surface area contributed by atoms with Gasteiger partial charge in [-0.15, -0.1) is 0 Å². The third kappa shape index (κ3) is 7.59. The van der Waals surface area contributed by atoms with E-state index >= 15 is 0 Å². The fourth-order valence-corrected chi connectivity index (χ4v) is 2.01. The van der Waals surface area contributed by atoms with E-state index in [1.807, 2.05) is 0 Å². The van der Waals surface area contributed by atoms with E-state index in [9.17, 15) is 19.5 Å². The Labute approximate surface area is 166 Å². The summed E-state index contributed by atoms with van der Waals surface area (Å²) < 4.78 is 9.43. The van der Waals surface area contributed by atoms with Crippen LogP contribution in [0.15, 0.2) is 47.5 Å². The number of hydrogen-bond acceptors (Lipinski definition) is 7. The number of benzene rings is 2. The van der Waals surface area contributed by atoms with E-state index in [1.165, 1.54) is 37.3 Å². The minimum absolute atomic E-state index is 0.0160. The van der Waals surface area contributed by atoms with E-state index in [4.69, 9.17) is 21.3 Å². The molecule has 0 bridgehead atoms. The number of ether oxygens (including phenoxy) is 2. The Balaban J connectivity index is 0.000000296. The third-order valence-electron chi connectivity index (χ3n) is 3.11. The average molecular weight is 403 g/mol. The molecule has 0 unspecified atom stereocenters. The predicted octanol–water partition coefficient (Wildman–Crippen LogP) is 1.78. The van der Waals surface area contributed by atoms with Crippen molar-refractivity contribution >= 4 is 29.6 Å². The molecule has 6 N–H and O–H groups in total. The van der Waals surface area contributed by atoms with Crippen LogP contribution >= 0.6 is 0 Å². The zero-order valence-corrected chi connectivity index (χ0v) is 15.8. The van der Waals surface area contributed by atoms with Gasteiger partial charge in [0.05, 0.1) is 12.3 Å². The Morgan fingerprint density at radius 2 is 1.72 bits per heavy atom. The highest BCUT2D eigenvalue weighted by Crippen LogP contribution is 2.24. The molecule has 2 rings (SSSR count). The summed E-state index contributed by atoms with van der Waals surface area (Å²) in [5.74, 6) is -2.51. The first-order valence-electron chi connectivity index (χ1n) is 8.26. The topological polar surface area (TPSA) is 175 Å². The van der Waals surface area contributed by atoms with Crippen LogP contribution in [-0.4, -0.2) is 40.7 Å². The summed E-state index contributed by atoms with van der Waals surface area (Å²) in [7, 11) is 0. The number of aliphatic imine (C=N–C) groups is 1. The van der Waals surface area contributed by atoms with E-state index in [1.54, 1.807) is 19.1 Å². The van der Waals surface area contributed by atoms with Crippen LogP contribution in [0, 0.1) is 0 Å². The Hall–Kier alpha value is -4.08. The molecule has 0 fully saturated rings. The molecule has 10 nitrogen and oxygen atoms in total. The molecule has 0 atom stereocenters. The molecule has 0 saturated carbocycles. The number of phenols is 1. The monoisotopic (exact) mass is 403 g/mol. The van der Waals surface area contributed by atoms with Crippen LogP contribution in [0.2, 0.25) is 0 Å². The second-order valence-corrected chi connectivity index (χ2v) is 5.35. The normalized spacial score (nSPS) is 9.45. The van der Waals surface area contributed by atoms with E-state index in [-0.39, 0.29) is 35.2 Å². The summed E-state index contributed by atoms with van der Waals surface area (Å²) in [6, 6.07) is 10.2. The van der Waals surface area contributed by atoms with Gasteiger partial charge >= 0.3 is 17.9 Å². The van der Waals surface area contributed by atoms with Crippen molar-refractivity contribution < 1.29 is 34.1 Å². The number of aromatic carboxylic acids is 1. The average Bonchev–Trinajstić information content (AvgIpc) is 2.61. The summed E-state index contributed by atoms with van der Waals surface area (Å²) >= 11 is 0. The highest BCUT2D eigenvalue weighted by Gasteiger charge is 2.12. The Bertz CT molecular complexity index is 922. The van der Waals surface area contributed by atoms with Crippen molar-refractivity contribution in [2.75, 3.05) is 6.61 Å². The molecule has 0 aliphatic carbocycles. The number of nitrogens with two attached hydrogens (primary N) is 2. The number of guanidine groups is 1. The van der Waals surface area contributed by atoms with Crippen LogP contribution in [0.3, 0.4) is 0 Å². The SMILES string of the molecule is CC(=O)Oc1ccccc1C(=O)O.CCOC(=O)c1ccc(N=C(N)N)cc1O. The molecule has 10 heteroatoms. The number of rotatable bonds is 5. The lowest BCUT2D eigenvalue weighted by molar-refractivity contribution is -0.131. The van der Waals surface area contributed by atoms with E-state index in [0.29, 0.717) is 5.69 Å². The van der Waals surface area contributed by atoms with Crippen molar-refractivity contribution in [3.63, 3.8) is 0 Å². The smallest absolute Gasteiger partial charge is 0.341 e. The summed E-state index contributed by atoms with van der Waals surface area (Å²) in [6.45, 7) is 3.15. The molecule has 0 spiro atoms. The molecule has 0 aliphatic heterocycles. The second-order valence-electron chi connectivity index (χ2n) is 5.35. The third-order valence-corrected chi connectivity index (χ3v) is 3.11. The molecule has 29 heavy (non-hydrogen) atoms. The lowest BCUT2D eigenvalue weighted by Gasteiger charge is -2.04. The maximum absolute atomic E-state index is 11.3. The summed E-state index contributed by atoms with van der Waals surface area (Å²) in [4.78, 5) is 36.2. The number of carboxylic acid groups (broad SMARTS) is 1. The van der Waals surface area contributed by atoms with Gasteiger partial charge < -0.3 is 31.2 Å². The fourth-order valence-electron chi connectivity index (χ4n) is 2.01. The number of aromatic hydroxyl groups is 1. The molecule has 0 radical (unpaired) electrons. The van der Waals surface area contributed by atoms with Crippen LogP contribution in [0.1, 0.15) is 34.6 Å². The highest BCUT2D eigenvalue weighted by atomic mass is 16.5. The molecule has 0 aromatic heterocycles. The quantitative estimate of drug-likeness (QED) is 0.251. The molecular formula is C19H21N3O7. The lowest BCUT2D eigenvalue weighted by Crippen LogP contribution is -2.21. The molecule has 0 amide bonds. The summed E-state index contributed by atoms with van der Waals surface area (Å²) in [5.41, 5.74) is 10.8. The first kappa shape index (κ1) is 23.0. The molecule has 2 aromatic carbocycles. The van der Waals surface area contributed by atoms with Crippen molar-refractivity contribution in [3.8, 4) is 11.5 Å². The number of hydrogen-bond donors (Lipinski definition) is 4. The highest BCUT2D eigenvalue weighted by molar-refractivity contribution is 5.93. The van der Waals surface area contributed by atoms with Gasteiger partial charge in [-0.05, 0) is 31.2 Å². The molecule has 2 aromatic rings. The van der Waals surface area contributed by atoms with E-state index in [2.05, 4.69) is 9.73 Å². The summed E-state index contributed by atoms with van der Waals surface area (Å²) in [6.07, 6.45) is 0. The fraction of sp³-hybridized carbons (Fsp3) is 0.158. The second kappa shape index (κ2) is 10.9. The van der Waals surface area contributed by atoms with Crippen LogP contribution in [0.4, 0.5) is 5.69 Å². The molecule has 0 aliphatic rings. The molecule has 154 valence electrons. The molecule has 0 saturated heterocycles. The number of para-hydroxylation sites is 1. The van der Waals surface area contributed by atoms with E-state index < -0.39 is 17.9 Å². The van der Waals surface area contributed by atoms with Gasteiger partial charge in [0.25, 0.3) is 0 Å². The van der Waals surface area contributed by atoms with Gasteiger partial charge in [0.2, 0.25) is 0 Å². The first-order valence-corrected chi connectivity index (χ1v) is 8.26. The largest absolute Gasteiger partial charge is 0.507 e. The molecule has 0 heterocycles. The number of nitrogens with zero attached hydrogens (tertiary/aromatic N) is 1.